The maximum atomic E-state index is 10.8. The summed E-state index contributed by atoms with van der Waals surface area (Å²) in [6.45, 7) is 1.62. The van der Waals surface area contributed by atoms with Crippen molar-refractivity contribution < 1.29 is 19.8 Å². The zero-order valence-electron chi connectivity index (χ0n) is 8.77. The Morgan fingerprint density at radius 1 is 1.27 bits per heavy atom. The lowest BCUT2D eigenvalue weighted by Gasteiger charge is -2.22. The summed E-state index contributed by atoms with van der Waals surface area (Å²) in [5, 5.41) is 20.7. The van der Waals surface area contributed by atoms with Crippen LogP contribution < -0.4 is 5.32 Å². The van der Waals surface area contributed by atoms with E-state index < -0.39 is 23.9 Å². The number of hydrogen-bond donors (Lipinski definition) is 3. The van der Waals surface area contributed by atoms with Crippen molar-refractivity contribution in [3.8, 4) is 0 Å². The van der Waals surface area contributed by atoms with Gasteiger partial charge in [-0.05, 0) is 12.8 Å². The number of carbonyl (C=O) groups is 2. The highest BCUT2D eigenvalue weighted by Gasteiger charge is 2.30. The third-order valence-corrected chi connectivity index (χ3v) is 2.96. The molecule has 3 N–H and O–H groups in total. The second-order valence-corrected chi connectivity index (χ2v) is 4.08. The predicted molar refractivity (Wildman–Crippen MR) is 53.6 cm³/mol. The Morgan fingerprint density at radius 2 is 1.87 bits per heavy atom. The van der Waals surface area contributed by atoms with Crippen molar-refractivity contribution >= 4 is 11.9 Å². The standard InChI is InChI=1S/C10H17NO4/c1-6(9(12)13)7-4-2-3-5-8(11-7)10(14)15/h6-8,11H,2-5H2,1H3,(H,12,13)(H,14,15)/t6?,7?,8-/m0/s1. The van der Waals surface area contributed by atoms with E-state index in [9.17, 15) is 9.59 Å². The maximum Gasteiger partial charge on any atom is 0.320 e. The van der Waals surface area contributed by atoms with Gasteiger partial charge in [-0.25, -0.2) is 0 Å². The fourth-order valence-electron chi connectivity index (χ4n) is 1.90. The van der Waals surface area contributed by atoms with Crippen LogP contribution in [0, 0.1) is 5.92 Å². The van der Waals surface area contributed by atoms with Gasteiger partial charge in [0.1, 0.15) is 6.04 Å². The van der Waals surface area contributed by atoms with Gasteiger partial charge in [-0.1, -0.05) is 19.8 Å². The van der Waals surface area contributed by atoms with Crippen LogP contribution in [-0.2, 0) is 9.59 Å². The third-order valence-electron chi connectivity index (χ3n) is 2.96. The molecule has 1 rings (SSSR count). The molecule has 1 heterocycles. The molecule has 2 unspecified atom stereocenters. The Balaban J connectivity index is 2.64. The lowest BCUT2D eigenvalue weighted by molar-refractivity contribution is -0.144. The summed E-state index contributed by atoms with van der Waals surface area (Å²) in [5.41, 5.74) is 0. The van der Waals surface area contributed by atoms with Crippen molar-refractivity contribution in [2.24, 2.45) is 5.92 Å². The van der Waals surface area contributed by atoms with Crippen molar-refractivity contribution in [1.29, 1.82) is 0 Å². The van der Waals surface area contributed by atoms with Crippen LogP contribution in [0.1, 0.15) is 32.6 Å². The second kappa shape index (κ2) is 5.11. The van der Waals surface area contributed by atoms with E-state index in [2.05, 4.69) is 5.32 Å². The third kappa shape index (κ3) is 3.20. The van der Waals surface area contributed by atoms with Crippen LogP contribution in [-0.4, -0.2) is 34.2 Å². The summed E-state index contributed by atoms with van der Waals surface area (Å²) in [5.74, 6) is -2.30. The molecule has 0 bridgehead atoms. The fourth-order valence-corrected chi connectivity index (χ4v) is 1.90. The number of carboxylic acid groups (broad SMARTS) is 2. The van der Waals surface area contributed by atoms with Crippen LogP contribution in [0.5, 0.6) is 0 Å². The molecule has 0 saturated carbocycles. The zero-order valence-corrected chi connectivity index (χ0v) is 8.77. The smallest absolute Gasteiger partial charge is 0.320 e. The summed E-state index contributed by atoms with van der Waals surface area (Å²) in [6, 6.07) is -0.828. The topological polar surface area (TPSA) is 86.6 Å². The van der Waals surface area contributed by atoms with Crippen molar-refractivity contribution in [3.63, 3.8) is 0 Å². The average Bonchev–Trinajstić information content (AvgIpc) is 2.41. The monoisotopic (exact) mass is 215 g/mol. The Morgan fingerprint density at radius 3 is 2.40 bits per heavy atom. The molecule has 0 aromatic rings. The minimum Gasteiger partial charge on any atom is -0.481 e. The summed E-state index contributed by atoms with van der Waals surface area (Å²) < 4.78 is 0. The first kappa shape index (κ1) is 12.0. The highest BCUT2D eigenvalue weighted by atomic mass is 16.4. The van der Waals surface area contributed by atoms with Crippen LogP contribution >= 0.6 is 0 Å². The lowest BCUT2D eigenvalue weighted by Crippen LogP contribution is -2.46. The van der Waals surface area contributed by atoms with Crippen molar-refractivity contribution in [2.45, 2.75) is 44.7 Å². The van der Waals surface area contributed by atoms with Gasteiger partial charge in [-0.3, -0.25) is 9.59 Å². The van der Waals surface area contributed by atoms with Gasteiger partial charge in [0, 0.05) is 6.04 Å². The van der Waals surface area contributed by atoms with Gasteiger partial charge in [0.25, 0.3) is 0 Å². The first-order valence-electron chi connectivity index (χ1n) is 5.24. The molecule has 0 aromatic heterocycles. The van der Waals surface area contributed by atoms with Gasteiger partial charge >= 0.3 is 11.9 Å². The molecule has 5 heteroatoms. The lowest BCUT2D eigenvalue weighted by atomic mass is 9.98. The van der Waals surface area contributed by atoms with Crippen molar-refractivity contribution in [3.05, 3.63) is 0 Å². The number of carboxylic acids is 2. The van der Waals surface area contributed by atoms with Crippen LogP contribution in [0.4, 0.5) is 0 Å². The molecule has 5 nitrogen and oxygen atoms in total. The predicted octanol–water partition coefficient (Wildman–Crippen LogP) is 0.692. The Hall–Kier alpha value is -1.10. The first-order valence-corrected chi connectivity index (χ1v) is 5.24. The molecule has 3 atom stereocenters. The summed E-state index contributed by atoms with van der Waals surface area (Å²) in [7, 11) is 0. The number of nitrogens with one attached hydrogen (secondary N) is 1. The molecule has 1 aliphatic rings. The number of aliphatic carboxylic acids is 2. The quantitative estimate of drug-likeness (QED) is 0.645. The van der Waals surface area contributed by atoms with E-state index in [-0.39, 0.29) is 6.04 Å². The number of rotatable bonds is 3. The molecule has 0 radical (unpaired) electrons. The molecule has 0 amide bonds. The van der Waals surface area contributed by atoms with Crippen molar-refractivity contribution in [1.82, 2.24) is 5.32 Å². The molecule has 1 saturated heterocycles. The van der Waals surface area contributed by atoms with E-state index in [1.54, 1.807) is 6.92 Å². The fraction of sp³-hybridized carbons (Fsp3) is 0.800. The van der Waals surface area contributed by atoms with Gasteiger partial charge < -0.3 is 15.5 Å². The van der Waals surface area contributed by atoms with Crippen LogP contribution in [0.15, 0.2) is 0 Å². The van der Waals surface area contributed by atoms with E-state index in [0.717, 1.165) is 19.3 Å². The zero-order chi connectivity index (χ0) is 11.4. The molecule has 0 aliphatic carbocycles. The molecule has 86 valence electrons. The normalized spacial score (nSPS) is 29.1. The minimum atomic E-state index is -0.889. The molecular weight excluding hydrogens is 198 g/mol. The van der Waals surface area contributed by atoms with E-state index in [1.165, 1.54) is 0 Å². The van der Waals surface area contributed by atoms with Crippen LogP contribution in [0.25, 0.3) is 0 Å². The van der Waals surface area contributed by atoms with Gasteiger partial charge in [-0.15, -0.1) is 0 Å². The maximum absolute atomic E-state index is 10.8. The summed E-state index contributed by atoms with van der Waals surface area (Å²) in [6.07, 6.45) is 3.04. The highest BCUT2D eigenvalue weighted by molar-refractivity contribution is 5.74. The van der Waals surface area contributed by atoms with Crippen molar-refractivity contribution in [2.75, 3.05) is 0 Å². The van der Waals surface area contributed by atoms with E-state index in [1.807, 2.05) is 0 Å². The van der Waals surface area contributed by atoms with Crippen LogP contribution in [0.2, 0.25) is 0 Å². The average molecular weight is 215 g/mol. The minimum absolute atomic E-state index is 0.230. The Bertz CT molecular complexity index is 254. The SMILES string of the molecule is CC(C(=O)O)C1CCCC[C@@H](C(=O)O)N1. The first-order chi connectivity index (χ1) is 7.02. The molecule has 0 aromatic carbocycles. The van der Waals surface area contributed by atoms with E-state index >= 15 is 0 Å². The Kier molecular flexibility index (Phi) is 4.08. The highest BCUT2D eigenvalue weighted by Crippen LogP contribution is 2.18. The summed E-state index contributed by atoms with van der Waals surface area (Å²) >= 11 is 0. The molecule has 1 aliphatic heterocycles. The van der Waals surface area contributed by atoms with Crippen LogP contribution in [0.3, 0.4) is 0 Å². The Labute approximate surface area is 88.5 Å². The molecule has 1 fully saturated rings. The van der Waals surface area contributed by atoms with Gasteiger partial charge in [0.2, 0.25) is 0 Å². The number of hydrogen-bond acceptors (Lipinski definition) is 3. The van der Waals surface area contributed by atoms with Gasteiger partial charge in [0.05, 0.1) is 5.92 Å². The largest absolute Gasteiger partial charge is 0.481 e. The summed E-state index contributed by atoms with van der Waals surface area (Å²) in [4.78, 5) is 21.6. The molecule has 0 spiro atoms. The molecule has 15 heavy (non-hydrogen) atoms. The van der Waals surface area contributed by atoms with E-state index in [0.29, 0.717) is 6.42 Å². The van der Waals surface area contributed by atoms with Gasteiger partial charge in [0.15, 0.2) is 0 Å². The second-order valence-electron chi connectivity index (χ2n) is 4.08. The van der Waals surface area contributed by atoms with Gasteiger partial charge in [-0.2, -0.15) is 0 Å². The molecular formula is C10H17NO4. The van der Waals surface area contributed by atoms with E-state index in [4.69, 9.17) is 10.2 Å².